The first kappa shape index (κ1) is 12.5. The molecule has 0 aliphatic heterocycles. The van der Waals surface area contributed by atoms with Gasteiger partial charge >= 0.3 is 0 Å². The fourth-order valence-electron chi connectivity index (χ4n) is 2.83. The second kappa shape index (κ2) is 6.09. The average Bonchev–Trinajstić information content (AvgIpc) is 2.56. The molecule has 0 atom stereocenters. The summed E-state index contributed by atoms with van der Waals surface area (Å²) in [5, 5.41) is 3.64. The van der Waals surface area contributed by atoms with Gasteiger partial charge in [-0.05, 0) is 44.2 Å². The standard InChI is InChI=1S/C16H25N/c1-13-9-10-16(14(2)11-13)17-12-15-7-5-3-4-6-8-15/h9-11,15,17H,3-8,12H2,1-2H3. The Bertz CT molecular complexity index is 349. The van der Waals surface area contributed by atoms with Crippen molar-refractivity contribution < 1.29 is 0 Å². The lowest BCUT2D eigenvalue weighted by molar-refractivity contribution is 0.483. The quantitative estimate of drug-likeness (QED) is 0.744. The van der Waals surface area contributed by atoms with Crippen LogP contribution in [0.3, 0.4) is 0 Å². The van der Waals surface area contributed by atoms with Gasteiger partial charge in [0.05, 0.1) is 0 Å². The van der Waals surface area contributed by atoms with Crippen LogP contribution in [0.2, 0.25) is 0 Å². The maximum atomic E-state index is 3.64. The Hall–Kier alpha value is -0.980. The Morgan fingerprint density at radius 3 is 2.41 bits per heavy atom. The SMILES string of the molecule is Cc1ccc(NCC2CCCCCC2)c(C)c1. The van der Waals surface area contributed by atoms with E-state index in [4.69, 9.17) is 0 Å². The lowest BCUT2D eigenvalue weighted by Crippen LogP contribution is -2.14. The van der Waals surface area contributed by atoms with E-state index < -0.39 is 0 Å². The molecule has 0 saturated heterocycles. The topological polar surface area (TPSA) is 12.0 Å². The van der Waals surface area contributed by atoms with E-state index in [1.165, 1.54) is 55.3 Å². The summed E-state index contributed by atoms with van der Waals surface area (Å²) in [5.41, 5.74) is 4.04. The fourth-order valence-corrected chi connectivity index (χ4v) is 2.83. The molecule has 2 rings (SSSR count). The van der Waals surface area contributed by atoms with Crippen LogP contribution in [0, 0.1) is 19.8 Å². The third-order valence-electron chi connectivity index (χ3n) is 3.94. The molecule has 0 unspecified atom stereocenters. The van der Waals surface area contributed by atoms with Gasteiger partial charge in [-0.3, -0.25) is 0 Å². The molecule has 0 bridgehead atoms. The summed E-state index contributed by atoms with van der Waals surface area (Å²) in [6.45, 7) is 5.51. The van der Waals surface area contributed by atoms with Crippen molar-refractivity contribution in [3.8, 4) is 0 Å². The lowest BCUT2D eigenvalue weighted by atomic mass is 10.00. The highest BCUT2D eigenvalue weighted by Crippen LogP contribution is 2.24. The minimum atomic E-state index is 0.887. The minimum Gasteiger partial charge on any atom is -0.385 e. The summed E-state index contributed by atoms with van der Waals surface area (Å²) in [6, 6.07) is 6.68. The normalized spacial score (nSPS) is 17.8. The first-order valence-corrected chi connectivity index (χ1v) is 7.07. The summed E-state index contributed by atoms with van der Waals surface area (Å²) in [5.74, 6) is 0.887. The number of rotatable bonds is 3. The first-order valence-electron chi connectivity index (χ1n) is 7.07. The minimum absolute atomic E-state index is 0.887. The largest absolute Gasteiger partial charge is 0.385 e. The van der Waals surface area contributed by atoms with Crippen LogP contribution < -0.4 is 5.32 Å². The number of hydrogen-bond donors (Lipinski definition) is 1. The van der Waals surface area contributed by atoms with Crippen LogP contribution in [-0.2, 0) is 0 Å². The molecule has 94 valence electrons. The van der Waals surface area contributed by atoms with Crippen molar-refractivity contribution >= 4 is 5.69 Å². The van der Waals surface area contributed by atoms with E-state index in [2.05, 4.69) is 37.4 Å². The van der Waals surface area contributed by atoms with Gasteiger partial charge in [-0.1, -0.05) is 43.4 Å². The molecule has 1 saturated carbocycles. The molecular weight excluding hydrogens is 206 g/mol. The number of hydrogen-bond acceptors (Lipinski definition) is 1. The molecule has 1 aliphatic carbocycles. The molecule has 17 heavy (non-hydrogen) atoms. The number of anilines is 1. The molecule has 0 radical (unpaired) electrons. The van der Waals surface area contributed by atoms with Gasteiger partial charge in [0.15, 0.2) is 0 Å². The van der Waals surface area contributed by atoms with Crippen LogP contribution >= 0.6 is 0 Å². The van der Waals surface area contributed by atoms with Gasteiger partial charge in [0.2, 0.25) is 0 Å². The molecule has 1 aliphatic rings. The maximum Gasteiger partial charge on any atom is 0.0370 e. The molecule has 1 aromatic carbocycles. The molecule has 0 amide bonds. The van der Waals surface area contributed by atoms with Crippen molar-refractivity contribution in [3.05, 3.63) is 29.3 Å². The molecule has 0 spiro atoms. The molecule has 1 nitrogen and oxygen atoms in total. The van der Waals surface area contributed by atoms with Crippen molar-refractivity contribution in [1.82, 2.24) is 0 Å². The molecule has 1 N–H and O–H groups in total. The second-order valence-corrected chi connectivity index (χ2v) is 5.56. The summed E-state index contributed by atoms with van der Waals surface area (Å²) in [6.07, 6.45) is 8.58. The van der Waals surface area contributed by atoms with Gasteiger partial charge in [-0.2, -0.15) is 0 Å². The summed E-state index contributed by atoms with van der Waals surface area (Å²) < 4.78 is 0. The Labute approximate surface area is 106 Å². The van der Waals surface area contributed by atoms with Gasteiger partial charge in [-0.15, -0.1) is 0 Å². The fraction of sp³-hybridized carbons (Fsp3) is 0.625. The number of nitrogens with one attached hydrogen (secondary N) is 1. The molecule has 1 fully saturated rings. The van der Waals surface area contributed by atoms with E-state index >= 15 is 0 Å². The highest BCUT2D eigenvalue weighted by Gasteiger charge is 2.12. The Morgan fingerprint density at radius 1 is 1.06 bits per heavy atom. The van der Waals surface area contributed by atoms with Gasteiger partial charge in [0.1, 0.15) is 0 Å². The van der Waals surface area contributed by atoms with Crippen molar-refractivity contribution in [2.75, 3.05) is 11.9 Å². The maximum absolute atomic E-state index is 3.64. The van der Waals surface area contributed by atoms with E-state index in [1.807, 2.05) is 0 Å². The predicted molar refractivity (Wildman–Crippen MR) is 75.6 cm³/mol. The smallest absolute Gasteiger partial charge is 0.0370 e. The molecule has 0 heterocycles. The number of benzene rings is 1. The van der Waals surface area contributed by atoms with Crippen LogP contribution in [0.25, 0.3) is 0 Å². The third kappa shape index (κ3) is 3.76. The molecule has 1 heteroatoms. The Kier molecular flexibility index (Phi) is 4.47. The highest BCUT2D eigenvalue weighted by atomic mass is 14.9. The van der Waals surface area contributed by atoms with Crippen molar-refractivity contribution in [2.45, 2.75) is 52.4 Å². The zero-order valence-corrected chi connectivity index (χ0v) is 11.3. The molecule has 0 aromatic heterocycles. The van der Waals surface area contributed by atoms with E-state index in [9.17, 15) is 0 Å². The zero-order valence-electron chi connectivity index (χ0n) is 11.3. The van der Waals surface area contributed by atoms with E-state index in [-0.39, 0.29) is 0 Å². The Balaban J connectivity index is 1.88. The van der Waals surface area contributed by atoms with Gasteiger partial charge in [0, 0.05) is 12.2 Å². The zero-order chi connectivity index (χ0) is 12.1. The van der Waals surface area contributed by atoms with Crippen LogP contribution in [0.4, 0.5) is 5.69 Å². The summed E-state index contributed by atoms with van der Waals surface area (Å²) >= 11 is 0. The van der Waals surface area contributed by atoms with Crippen LogP contribution in [0.15, 0.2) is 18.2 Å². The summed E-state index contributed by atoms with van der Waals surface area (Å²) in [4.78, 5) is 0. The Morgan fingerprint density at radius 2 is 1.76 bits per heavy atom. The monoisotopic (exact) mass is 231 g/mol. The first-order chi connectivity index (χ1) is 8.25. The van der Waals surface area contributed by atoms with Gasteiger partial charge < -0.3 is 5.32 Å². The van der Waals surface area contributed by atoms with Crippen LogP contribution in [0.1, 0.15) is 49.7 Å². The highest BCUT2D eigenvalue weighted by molar-refractivity contribution is 5.51. The second-order valence-electron chi connectivity index (χ2n) is 5.56. The average molecular weight is 231 g/mol. The van der Waals surface area contributed by atoms with Crippen molar-refractivity contribution in [3.63, 3.8) is 0 Å². The number of aryl methyl sites for hydroxylation is 2. The lowest BCUT2D eigenvalue weighted by Gasteiger charge is -2.17. The van der Waals surface area contributed by atoms with E-state index in [0.717, 1.165) is 12.5 Å². The predicted octanol–water partition coefficient (Wildman–Crippen LogP) is 4.69. The van der Waals surface area contributed by atoms with Crippen molar-refractivity contribution in [2.24, 2.45) is 5.92 Å². The molecular formula is C16H25N. The van der Waals surface area contributed by atoms with Gasteiger partial charge in [-0.25, -0.2) is 0 Å². The molecule has 1 aromatic rings. The van der Waals surface area contributed by atoms with Crippen LogP contribution in [0.5, 0.6) is 0 Å². The van der Waals surface area contributed by atoms with Gasteiger partial charge in [0.25, 0.3) is 0 Å². The van der Waals surface area contributed by atoms with E-state index in [0.29, 0.717) is 0 Å². The third-order valence-corrected chi connectivity index (χ3v) is 3.94. The van der Waals surface area contributed by atoms with Crippen molar-refractivity contribution in [1.29, 1.82) is 0 Å². The van der Waals surface area contributed by atoms with E-state index in [1.54, 1.807) is 0 Å². The summed E-state index contributed by atoms with van der Waals surface area (Å²) in [7, 11) is 0. The van der Waals surface area contributed by atoms with Crippen LogP contribution in [-0.4, -0.2) is 6.54 Å².